The van der Waals surface area contributed by atoms with Crippen LogP contribution < -0.4 is 0 Å². The second-order valence-electron chi connectivity index (χ2n) is 5.67. The number of hydrogen-bond donors (Lipinski definition) is 1. The zero-order valence-corrected chi connectivity index (χ0v) is 17.3. The van der Waals surface area contributed by atoms with Gasteiger partial charge in [0.2, 0.25) is 10.9 Å². The fraction of sp³-hybridized carbons (Fsp3) is 0. The van der Waals surface area contributed by atoms with E-state index < -0.39 is 10.0 Å². The van der Waals surface area contributed by atoms with Crippen molar-refractivity contribution in [2.24, 2.45) is 4.40 Å². The molecular formula is C18H11BrN4O3S2. The highest BCUT2D eigenvalue weighted by Crippen LogP contribution is 2.32. The Bertz CT molecular complexity index is 1220. The van der Waals surface area contributed by atoms with E-state index in [0.29, 0.717) is 21.2 Å². The van der Waals surface area contributed by atoms with E-state index in [9.17, 15) is 13.2 Å². The first-order chi connectivity index (χ1) is 13.4. The van der Waals surface area contributed by atoms with E-state index in [4.69, 9.17) is 0 Å². The van der Waals surface area contributed by atoms with E-state index in [1.807, 2.05) is 0 Å². The molecule has 0 bridgehead atoms. The Kier molecular flexibility index (Phi) is 5.00. The maximum Gasteiger partial charge on any atom is 0.282 e. The number of H-pyrrole nitrogens is 1. The SMILES string of the molecule is O=C1C(Sc2nc[nH]n2)=C/C(=N\S(=O)(=O)c2ccc(Br)cc2)c2ccccc21. The average molecular weight is 475 g/mol. The predicted octanol–water partition coefficient (Wildman–Crippen LogP) is 3.62. The van der Waals surface area contributed by atoms with Crippen LogP contribution in [0.2, 0.25) is 0 Å². The van der Waals surface area contributed by atoms with Gasteiger partial charge in [0.1, 0.15) is 6.33 Å². The Labute approximate surface area is 173 Å². The molecule has 0 saturated carbocycles. The first kappa shape index (κ1) is 18.8. The van der Waals surface area contributed by atoms with Crippen LogP contribution in [0, 0.1) is 0 Å². The van der Waals surface area contributed by atoms with Crippen LogP contribution in [0.3, 0.4) is 0 Å². The molecule has 1 aliphatic carbocycles. The molecule has 0 amide bonds. The van der Waals surface area contributed by atoms with Gasteiger partial charge in [-0.3, -0.25) is 9.89 Å². The zero-order chi connectivity index (χ0) is 19.7. The van der Waals surface area contributed by atoms with Crippen LogP contribution in [0.4, 0.5) is 0 Å². The molecule has 140 valence electrons. The summed E-state index contributed by atoms with van der Waals surface area (Å²) in [6, 6.07) is 13.0. The summed E-state index contributed by atoms with van der Waals surface area (Å²) in [7, 11) is -3.96. The maximum absolute atomic E-state index is 12.8. The summed E-state index contributed by atoms with van der Waals surface area (Å²) in [5, 5.41) is 6.86. The molecule has 2 aromatic carbocycles. The molecule has 1 heterocycles. The topological polar surface area (TPSA) is 105 Å². The third-order valence-electron chi connectivity index (χ3n) is 3.86. The number of carbonyl (C=O) groups excluding carboxylic acids is 1. The monoisotopic (exact) mass is 474 g/mol. The van der Waals surface area contributed by atoms with Crippen molar-refractivity contribution in [2.45, 2.75) is 10.1 Å². The smallest absolute Gasteiger partial charge is 0.282 e. The third-order valence-corrected chi connectivity index (χ3v) is 6.60. The number of aromatic amines is 1. The number of carbonyl (C=O) groups is 1. The number of benzene rings is 2. The number of sulfonamides is 1. The van der Waals surface area contributed by atoms with Gasteiger partial charge >= 0.3 is 0 Å². The van der Waals surface area contributed by atoms with Crippen molar-refractivity contribution in [2.75, 3.05) is 0 Å². The van der Waals surface area contributed by atoms with Crippen molar-refractivity contribution in [3.05, 3.63) is 81.4 Å². The lowest BCUT2D eigenvalue weighted by Gasteiger charge is -2.16. The first-order valence-electron chi connectivity index (χ1n) is 7.94. The number of allylic oxidation sites excluding steroid dienone is 2. The van der Waals surface area contributed by atoms with Gasteiger partial charge in [-0.2, -0.15) is 12.8 Å². The number of halogens is 1. The minimum atomic E-state index is -3.96. The van der Waals surface area contributed by atoms with Gasteiger partial charge in [0.25, 0.3) is 10.0 Å². The second kappa shape index (κ2) is 7.46. The van der Waals surface area contributed by atoms with Crippen LogP contribution in [0.15, 0.2) is 84.8 Å². The number of ketones is 1. The molecule has 1 aliphatic rings. The van der Waals surface area contributed by atoms with Gasteiger partial charge in [0.05, 0.1) is 15.5 Å². The number of nitrogens with one attached hydrogen (secondary N) is 1. The summed E-state index contributed by atoms with van der Waals surface area (Å²) in [5.41, 5.74) is 1.04. The molecule has 3 aromatic rings. The van der Waals surface area contributed by atoms with Crippen molar-refractivity contribution < 1.29 is 13.2 Å². The zero-order valence-electron chi connectivity index (χ0n) is 14.0. The molecule has 1 N–H and O–H groups in total. The van der Waals surface area contributed by atoms with E-state index in [2.05, 4.69) is 35.5 Å². The molecule has 0 aliphatic heterocycles. The molecular weight excluding hydrogens is 464 g/mol. The highest BCUT2D eigenvalue weighted by molar-refractivity contribution is 9.10. The molecule has 0 saturated heterocycles. The second-order valence-corrected chi connectivity index (χ2v) is 9.20. The Balaban J connectivity index is 1.82. The van der Waals surface area contributed by atoms with Crippen molar-refractivity contribution in [3.63, 3.8) is 0 Å². The minimum Gasteiger partial charge on any atom is -0.288 e. The van der Waals surface area contributed by atoms with Gasteiger partial charge in [-0.15, -0.1) is 5.10 Å². The van der Waals surface area contributed by atoms with E-state index >= 15 is 0 Å². The first-order valence-corrected chi connectivity index (χ1v) is 11.0. The van der Waals surface area contributed by atoms with Gasteiger partial charge in [-0.25, -0.2) is 4.98 Å². The number of Topliss-reactive ketones (excluding diaryl/α,β-unsaturated/α-hetero) is 1. The molecule has 4 rings (SSSR count). The molecule has 0 fully saturated rings. The lowest BCUT2D eigenvalue weighted by atomic mass is 9.94. The van der Waals surface area contributed by atoms with Crippen LogP contribution in [0.25, 0.3) is 0 Å². The van der Waals surface area contributed by atoms with Crippen LogP contribution in [0.5, 0.6) is 0 Å². The van der Waals surface area contributed by atoms with Gasteiger partial charge in [0, 0.05) is 15.6 Å². The average Bonchev–Trinajstić information content (AvgIpc) is 3.19. The van der Waals surface area contributed by atoms with Gasteiger partial charge < -0.3 is 0 Å². The Hall–Kier alpha value is -2.56. The number of aromatic nitrogens is 3. The molecule has 28 heavy (non-hydrogen) atoms. The van der Waals surface area contributed by atoms with E-state index in [1.54, 1.807) is 36.4 Å². The summed E-state index contributed by atoms with van der Waals surface area (Å²) >= 11 is 4.33. The van der Waals surface area contributed by atoms with Crippen LogP contribution >= 0.6 is 27.7 Å². The maximum atomic E-state index is 12.8. The minimum absolute atomic E-state index is 0.0640. The molecule has 7 nitrogen and oxygen atoms in total. The lowest BCUT2D eigenvalue weighted by Crippen LogP contribution is -2.17. The van der Waals surface area contributed by atoms with Gasteiger partial charge in [0.15, 0.2) is 0 Å². The third kappa shape index (κ3) is 3.71. The van der Waals surface area contributed by atoms with Crippen LogP contribution in [0.1, 0.15) is 15.9 Å². The lowest BCUT2D eigenvalue weighted by molar-refractivity contribution is 0.104. The Morgan fingerprint density at radius 3 is 2.43 bits per heavy atom. The van der Waals surface area contributed by atoms with Crippen molar-refractivity contribution >= 4 is 49.2 Å². The highest BCUT2D eigenvalue weighted by atomic mass is 79.9. The van der Waals surface area contributed by atoms with E-state index in [-0.39, 0.29) is 16.4 Å². The Morgan fingerprint density at radius 1 is 1.04 bits per heavy atom. The molecule has 0 atom stereocenters. The summed E-state index contributed by atoms with van der Waals surface area (Å²) in [6.07, 6.45) is 2.86. The van der Waals surface area contributed by atoms with Crippen molar-refractivity contribution in [3.8, 4) is 0 Å². The summed E-state index contributed by atoms with van der Waals surface area (Å²) in [6.45, 7) is 0. The fourth-order valence-corrected chi connectivity index (χ4v) is 4.62. The van der Waals surface area contributed by atoms with Crippen LogP contribution in [-0.4, -0.2) is 35.1 Å². The number of hydrogen-bond acceptors (Lipinski definition) is 6. The molecule has 1 aromatic heterocycles. The van der Waals surface area contributed by atoms with E-state index in [0.717, 1.165) is 16.2 Å². The largest absolute Gasteiger partial charge is 0.288 e. The number of thioether (sulfide) groups is 1. The molecule has 0 unspecified atom stereocenters. The summed E-state index contributed by atoms with van der Waals surface area (Å²) in [4.78, 5) is 17.2. The standard InChI is InChI=1S/C18H11BrN4O3S2/c19-11-5-7-12(8-6-11)28(25,26)23-15-9-16(27-18-20-10-21-22-18)17(24)14-4-2-1-3-13(14)15/h1-10H,(H,20,21,22)/b23-15+. The van der Waals surface area contributed by atoms with Gasteiger partial charge in [-0.05, 0) is 42.1 Å². The molecule has 0 spiro atoms. The number of fused-ring (bicyclic) bond motifs is 1. The summed E-state index contributed by atoms with van der Waals surface area (Å²) in [5.74, 6) is -0.231. The van der Waals surface area contributed by atoms with Crippen molar-refractivity contribution in [1.82, 2.24) is 15.2 Å². The molecule has 10 heteroatoms. The van der Waals surface area contributed by atoms with Crippen LogP contribution in [-0.2, 0) is 10.0 Å². The molecule has 0 radical (unpaired) electrons. The van der Waals surface area contributed by atoms with Crippen molar-refractivity contribution in [1.29, 1.82) is 0 Å². The fourth-order valence-electron chi connectivity index (χ4n) is 2.59. The number of rotatable bonds is 4. The highest BCUT2D eigenvalue weighted by Gasteiger charge is 2.27. The Morgan fingerprint density at radius 2 is 1.75 bits per heavy atom. The van der Waals surface area contributed by atoms with E-state index in [1.165, 1.54) is 24.5 Å². The van der Waals surface area contributed by atoms with Gasteiger partial charge in [-0.1, -0.05) is 40.2 Å². The number of nitrogens with zero attached hydrogens (tertiary/aromatic N) is 3. The predicted molar refractivity (Wildman–Crippen MR) is 109 cm³/mol. The normalized spacial score (nSPS) is 15.4. The quantitative estimate of drug-likeness (QED) is 0.618. The summed E-state index contributed by atoms with van der Waals surface area (Å²) < 4.78 is 30.3.